The predicted octanol–water partition coefficient (Wildman–Crippen LogP) is 4.27. The van der Waals surface area contributed by atoms with Crippen LogP contribution >= 0.6 is 11.6 Å². The van der Waals surface area contributed by atoms with E-state index in [1.54, 1.807) is 7.05 Å². The zero-order chi connectivity index (χ0) is 28.5. The van der Waals surface area contributed by atoms with Crippen molar-refractivity contribution in [3.05, 3.63) is 70.8 Å². The van der Waals surface area contributed by atoms with E-state index in [1.165, 1.54) is 0 Å². The molecule has 0 radical (unpaired) electrons. The highest BCUT2D eigenvalue weighted by molar-refractivity contribution is 6.30. The Hall–Kier alpha value is -4.09. The Bertz CT molecular complexity index is 1420. The molecule has 40 heavy (non-hydrogen) atoms. The lowest BCUT2D eigenvalue weighted by Crippen LogP contribution is -2.36. The monoisotopic (exact) mass is 565 g/mol. The van der Waals surface area contributed by atoms with Gasteiger partial charge in [-0.2, -0.15) is 5.21 Å². The number of aryl methyl sites for hydroxylation is 1. The van der Waals surface area contributed by atoms with Crippen LogP contribution in [-0.2, 0) is 33.9 Å². The standard InChI is InChI=1S/C28H32ClN7O4/c1-3-4-9-24-31-26(29)23(17-40-28(39)22(30-2)14-15-25(37)38)36(24)16-18-10-12-19(13-11-18)20-7-5-6-8-21(20)27-32-34-35-33-27/h5-8,10-13,22,30H,3-4,9,14-17H2,1-2H3,(H,37,38)(H,32,33,34,35)/t22-/m1/s1. The molecule has 0 saturated heterocycles. The molecular formula is C28H32ClN7O4. The number of nitrogens with one attached hydrogen (secondary N) is 2. The normalized spacial score (nSPS) is 11.9. The number of imidazole rings is 1. The second-order valence-electron chi connectivity index (χ2n) is 9.31. The van der Waals surface area contributed by atoms with Gasteiger partial charge in [0.1, 0.15) is 18.5 Å². The number of benzene rings is 2. The number of carbonyl (C=O) groups is 2. The number of carbonyl (C=O) groups excluding carboxylic acids is 1. The molecule has 0 saturated carbocycles. The van der Waals surface area contributed by atoms with E-state index in [2.05, 4.69) is 37.8 Å². The fourth-order valence-corrected chi connectivity index (χ4v) is 4.68. The van der Waals surface area contributed by atoms with Crippen molar-refractivity contribution in [1.82, 2.24) is 35.5 Å². The number of rotatable bonds is 14. The number of carboxylic acids is 1. The Morgan fingerprint density at radius 2 is 1.90 bits per heavy atom. The number of aliphatic carboxylic acids is 1. The first-order valence-corrected chi connectivity index (χ1v) is 13.5. The number of carboxylic acid groups (broad SMARTS) is 1. The summed E-state index contributed by atoms with van der Waals surface area (Å²) in [7, 11) is 1.60. The number of aromatic amines is 1. The van der Waals surface area contributed by atoms with Crippen molar-refractivity contribution in [1.29, 1.82) is 0 Å². The molecule has 0 aliphatic heterocycles. The van der Waals surface area contributed by atoms with Crippen LogP contribution in [0.2, 0.25) is 5.15 Å². The molecule has 210 valence electrons. The minimum atomic E-state index is -0.973. The third kappa shape index (κ3) is 7.10. The second-order valence-corrected chi connectivity index (χ2v) is 9.67. The maximum atomic E-state index is 12.6. The first-order valence-electron chi connectivity index (χ1n) is 13.1. The van der Waals surface area contributed by atoms with Crippen LogP contribution in [0.3, 0.4) is 0 Å². The van der Waals surface area contributed by atoms with Crippen LogP contribution in [0.15, 0.2) is 48.5 Å². The van der Waals surface area contributed by atoms with Gasteiger partial charge in [0.25, 0.3) is 0 Å². The molecule has 4 aromatic rings. The summed E-state index contributed by atoms with van der Waals surface area (Å²) in [4.78, 5) is 28.1. The summed E-state index contributed by atoms with van der Waals surface area (Å²) >= 11 is 6.53. The molecular weight excluding hydrogens is 534 g/mol. The summed E-state index contributed by atoms with van der Waals surface area (Å²) in [5.41, 5.74) is 4.49. The minimum absolute atomic E-state index is 0.0712. The van der Waals surface area contributed by atoms with E-state index in [0.717, 1.165) is 47.3 Å². The summed E-state index contributed by atoms with van der Waals surface area (Å²) in [5.74, 6) is -0.164. The molecule has 3 N–H and O–H groups in total. The number of hydrogen-bond acceptors (Lipinski definition) is 8. The fourth-order valence-electron chi connectivity index (χ4n) is 4.42. The van der Waals surface area contributed by atoms with Crippen LogP contribution in [0.4, 0.5) is 0 Å². The lowest BCUT2D eigenvalue weighted by atomic mass is 9.98. The molecule has 11 nitrogen and oxygen atoms in total. The molecule has 0 aliphatic carbocycles. The SMILES string of the molecule is CCCCc1nc(Cl)c(COC(=O)[C@@H](CCC(=O)O)NC)n1Cc1ccc(-c2ccccc2-c2nn[nH]n2)cc1. The number of halogens is 1. The van der Waals surface area contributed by atoms with E-state index in [-0.39, 0.29) is 24.6 Å². The first-order chi connectivity index (χ1) is 19.4. The topological polar surface area (TPSA) is 148 Å². The molecule has 0 aliphatic rings. The van der Waals surface area contributed by atoms with Gasteiger partial charge >= 0.3 is 11.9 Å². The first kappa shape index (κ1) is 28.9. The molecule has 0 fully saturated rings. The number of aromatic nitrogens is 6. The van der Waals surface area contributed by atoms with E-state index in [9.17, 15) is 9.59 Å². The van der Waals surface area contributed by atoms with Crippen molar-refractivity contribution in [2.24, 2.45) is 0 Å². The van der Waals surface area contributed by atoms with Crippen LogP contribution < -0.4 is 5.32 Å². The van der Waals surface area contributed by atoms with Gasteiger partial charge in [0, 0.05) is 24.9 Å². The average Bonchev–Trinajstić information content (AvgIpc) is 3.59. The maximum Gasteiger partial charge on any atom is 0.323 e. The largest absolute Gasteiger partial charge is 0.481 e. The minimum Gasteiger partial charge on any atom is -0.481 e. The highest BCUT2D eigenvalue weighted by Crippen LogP contribution is 2.30. The molecule has 12 heteroatoms. The van der Waals surface area contributed by atoms with Crippen molar-refractivity contribution < 1.29 is 19.4 Å². The van der Waals surface area contributed by atoms with Crippen molar-refractivity contribution >= 4 is 23.5 Å². The average molecular weight is 566 g/mol. The third-order valence-electron chi connectivity index (χ3n) is 6.61. The van der Waals surface area contributed by atoms with E-state index in [1.807, 2.05) is 53.1 Å². The number of ether oxygens (including phenoxy) is 1. The van der Waals surface area contributed by atoms with Crippen molar-refractivity contribution in [3.63, 3.8) is 0 Å². The van der Waals surface area contributed by atoms with Gasteiger partial charge in [0.2, 0.25) is 5.82 Å². The molecule has 2 aromatic heterocycles. The van der Waals surface area contributed by atoms with E-state index < -0.39 is 18.0 Å². The van der Waals surface area contributed by atoms with Crippen molar-refractivity contribution in [2.45, 2.75) is 58.2 Å². The van der Waals surface area contributed by atoms with Gasteiger partial charge in [-0.3, -0.25) is 9.59 Å². The number of nitrogens with zero attached hydrogens (tertiary/aromatic N) is 5. The fraction of sp³-hybridized carbons (Fsp3) is 0.357. The lowest BCUT2D eigenvalue weighted by Gasteiger charge is -2.16. The number of hydrogen-bond donors (Lipinski definition) is 3. The summed E-state index contributed by atoms with van der Waals surface area (Å²) in [6.45, 7) is 2.53. The Labute approximate surface area is 236 Å². The van der Waals surface area contributed by atoms with E-state index in [0.29, 0.717) is 18.1 Å². The van der Waals surface area contributed by atoms with Crippen LogP contribution in [0.25, 0.3) is 22.5 Å². The number of esters is 1. The zero-order valence-corrected chi connectivity index (χ0v) is 23.2. The Morgan fingerprint density at radius 3 is 2.55 bits per heavy atom. The summed E-state index contributed by atoms with van der Waals surface area (Å²) < 4.78 is 7.56. The summed E-state index contributed by atoms with van der Waals surface area (Å²) in [6.07, 6.45) is 2.65. The van der Waals surface area contributed by atoms with Crippen molar-refractivity contribution in [2.75, 3.05) is 7.05 Å². The molecule has 4 rings (SSSR count). The zero-order valence-electron chi connectivity index (χ0n) is 22.4. The van der Waals surface area contributed by atoms with E-state index in [4.69, 9.17) is 21.4 Å². The Kier molecular flexibility index (Phi) is 9.98. The van der Waals surface area contributed by atoms with Gasteiger partial charge in [-0.05, 0) is 41.8 Å². The number of H-pyrrole nitrogens is 1. The molecule has 2 heterocycles. The maximum absolute atomic E-state index is 12.6. The molecule has 0 bridgehead atoms. The highest BCUT2D eigenvalue weighted by Gasteiger charge is 2.22. The highest BCUT2D eigenvalue weighted by atomic mass is 35.5. The Balaban J connectivity index is 1.55. The molecule has 0 amide bonds. The van der Waals surface area contributed by atoms with Crippen LogP contribution in [0.5, 0.6) is 0 Å². The smallest absolute Gasteiger partial charge is 0.323 e. The van der Waals surface area contributed by atoms with Crippen LogP contribution in [0, 0.1) is 0 Å². The third-order valence-corrected chi connectivity index (χ3v) is 6.91. The van der Waals surface area contributed by atoms with E-state index >= 15 is 0 Å². The van der Waals surface area contributed by atoms with Crippen LogP contribution in [0.1, 0.15) is 49.7 Å². The molecule has 0 unspecified atom stereocenters. The molecule has 1 atom stereocenters. The van der Waals surface area contributed by atoms with Gasteiger partial charge in [-0.15, -0.1) is 10.2 Å². The second kappa shape index (κ2) is 13.8. The number of tetrazole rings is 1. The Morgan fingerprint density at radius 1 is 1.15 bits per heavy atom. The van der Waals surface area contributed by atoms with Gasteiger partial charge < -0.3 is 19.7 Å². The number of likely N-dealkylation sites (N-methyl/N-ethyl adjacent to an activating group) is 1. The van der Waals surface area contributed by atoms with Gasteiger partial charge in [-0.1, -0.05) is 73.5 Å². The lowest BCUT2D eigenvalue weighted by molar-refractivity contribution is -0.148. The number of unbranched alkanes of at least 4 members (excludes halogenated alkanes) is 1. The van der Waals surface area contributed by atoms with Gasteiger partial charge in [0.05, 0.1) is 5.69 Å². The summed E-state index contributed by atoms with van der Waals surface area (Å²) in [5, 5.41) is 26.5. The van der Waals surface area contributed by atoms with Gasteiger partial charge in [0.15, 0.2) is 5.15 Å². The van der Waals surface area contributed by atoms with Crippen LogP contribution in [-0.4, -0.2) is 60.3 Å². The van der Waals surface area contributed by atoms with Gasteiger partial charge in [-0.25, -0.2) is 4.98 Å². The molecule has 0 spiro atoms. The quantitative estimate of drug-likeness (QED) is 0.191. The van der Waals surface area contributed by atoms with Crippen molar-refractivity contribution in [3.8, 4) is 22.5 Å². The summed E-state index contributed by atoms with van der Waals surface area (Å²) in [6, 6.07) is 15.3. The molecule has 2 aromatic carbocycles. The predicted molar refractivity (Wildman–Crippen MR) is 150 cm³/mol.